The molecule has 9 heteroatoms. The number of carboxylic acids is 1. The van der Waals surface area contributed by atoms with Crippen molar-refractivity contribution in [3.8, 4) is 16.9 Å². The molecule has 3 N–H and O–H groups in total. The predicted octanol–water partition coefficient (Wildman–Crippen LogP) is 5.36. The van der Waals surface area contributed by atoms with Gasteiger partial charge in [0.15, 0.2) is 9.84 Å². The minimum Gasteiger partial charge on any atom is -0.493 e. The highest BCUT2D eigenvalue weighted by Gasteiger charge is 2.29. The van der Waals surface area contributed by atoms with Crippen molar-refractivity contribution in [2.24, 2.45) is 5.92 Å². The summed E-state index contributed by atoms with van der Waals surface area (Å²) in [7, 11) is -3.84. The number of sulfone groups is 1. The lowest BCUT2D eigenvalue weighted by Gasteiger charge is -2.17. The van der Waals surface area contributed by atoms with E-state index in [0.717, 1.165) is 23.1 Å². The summed E-state index contributed by atoms with van der Waals surface area (Å²) in [6.07, 6.45) is 0.844. The number of aliphatic carboxylic acids is 1. The number of aryl methyl sites for hydroxylation is 3. The van der Waals surface area contributed by atoms with Gasteiger partial charge in [-0.05, 0) is 73.7 Å². The summed E-state index contributed by atoms with van der Waals surface area (Å²) in [4.78, 5) is 24.0. The van der Waals surface area contributed by atoms with E-state index >= 15 is 0 Å². The molecule has 0 unspecified atom stereocenters. The van der Waals surface area contributed by atoms with E-state index in [1.807, 2.05) is 44.2 Å². The van der Waals surface area contributed by atoms with Crippen LogP contribution in [0.2, 0.25) is 0 Å². The molecular formula is C29H34N2O6S. The van der Waals surface area contributed by atoms with Crippen LogP contribution in [0.3, 0.4) is 0 Å². The van der Waals surface area contributed by atoms with Crippen LogP contribution in [0.15, 0.2) is 65.6 Å². The third-order valence-electron chi connectivity index (χ3n) is 5.98. The molecule has 0 saturated carbocycles. The molecular weight excluding hydrogens is 504 g/mol. The summed E-state index contributed by atoms with van der Waals surface area (Å²) in [5, 5.41) is 15.3. The number of anilines is 1. The summed E-state index contributed by atoms with van der Waals surface area (Å²) < 4.78 is 31.9. The topological polar surface area (TPSA) is 122 Å². The SMILES string of the molecule is CCCNC(=O)Nc1cccc(-c2ccc(OC[C@H](CS(=O)(=O)c3c(C)cc(C)cc3C)C(=O)O)cc2)c1. The third-order valence-corrected chi connectivity index (χ3v) is 8.09. The predicted molar refractivity (Wildman–Crippen MR) is 149 cm³/mol. The summed E-state index contributed by atoms with van der Waals surface area (Å²) in [6.45, 7) is 7.60. The second kappa shape index (κ2) is 12.6. The largest absolute Gasteiger partial charge is 0.493 e. The van der Waals surface area contributed by atoms with Gasteiger partial charge in [-0.15, -0.1) is 0 Å². The van der Waals surface area contributed by atoms with Gasteiger partial charge in [-0.3, -0.25) is 4.79 Å². The number of nitrogens with one attached hydrogen (secondary N) is 2. The lowest BCUT2D eigenvalue weighted by atomic mass is 10.1. The van der Waals surface area contributed by atoms with Crippen molar-refractivity contribution >= 4 is 27.5 Å². The Morgan fingerprint density at radius 3 is 2.21 bits per heavy atom. The molecule has 0 bridgehead atoms. The molecule has 8 nitrogen and oxygen atoms in total. The average molecular weight is 539 g/mol. The molecule has 0 aliphatic heterocycles. The van der Waals surface area contributed by atoms with Crippen LogP contribution in [0, 0.1) is 26.7 Å². The average Bonchev–Trinajstić information content (AvgIpc) is 2.84. The molecule has 202 valence electrons. The quantitative estimate of drug-likeness (QED) is 0.302. The summed E-state index contributed by atoms with van der Waals surface area (Å²) in [6, 6.07) is 17.7. The number of benzene rings is 3. The van der Waals surface area contributed by atoms with Crippen molar-refractivity contribution in [3.63, 3.8) is 0 Å². The Kier molecular flexibility index (Phi) is 9.52. The molecule has 0 radical (unpaired) electrons. The number of hydrogen-bond donors (Lipinski definition) is 3. The number of carbonyl (C=O) groups is 2. The van der Waals surface area contributed by atoms with Crippen LogP contribution in [0.5, 0.6) is 5.75 Å². The maximum atomic E-state index is 13.1. The first-order valence-corrected chi connectivity index (χ1v) is 14.1. The zero-order valence-electron chi connectivity index (χ0n) is 22.1. The molecule has 3 aromatic rings. The summed E-state index contributed by atoms with van der Waals surface area (Å²) in [5.41, 5.74) is 4.55. The van der Waals surface area contributed by atoms with Crippen molar-refractivity contribution in [2.75, 3.05) is 24.2 Å². The highest BCUT2D eigenvalue weighted by Crippen LogP contribution is 2.27. The Labute approximate surface area is 224 Å². The van der Waals surface area contributed by atoms with Crippen LogP contribution in [0.4, 0.5) is 10.5 Å². The van der Waals surface area contributed by atoms with Crippen LogP contribution in [-0.4, -0.2) is 44.4 Å². The van der Waals surface area contributed by atoms with E-state index in [1.54, 1.807) is 44.2 Å². The fourth-order valence-corrected chi connectivity index (χ4v) is 6.36. The molecule has 38 heavy (non-hydrogen) atoms. The number of hydrogen-bond acceptors (Lipinski definition) is 5. The molecule has 0 saturated heterocycles. The maximum absolute atomic E-state index is 13.1. The first-order chi connectivity index (χ1) is 18.0. The molecule has 2 amide bonds. The lowest BCUT2D eigenvalue weighted by Crippen LogP contribution is -2.30. The van der Waals surface area contributed by atoms with Gasteiger partial charge in [0, 0.05) is 12.2 Å². The van der Waals surface area contributed by atoms with Crippen LogP contribution < -0.4 is 15.4 Å². The van der Waals surface area contributed by atoms with Crippen molar-refractivity contribution in [1.29, 1.82) is 0 Å². The van der Waals surface area contributed by atoms with Gasteiger partial charge < -0.3 is 20.5 Å². The molecule has 0 spiro atoms. The second-order valence-electron chi connectivity index (χ2n) is 9.34. The van der Waals surface area contributed by atoms with Gasteiger partial charge in [0.25, 0.3) is 0 Å². The van der Waals surface area contributed by atoms with Crippen molar-refractivity contribution in [3.05, 3.63) is 77.4 Å². The van der Waals surface area contributed by atoms with Gasteiger partial charge in [0.2, 0.25) is 0 Å². The Morgan fingerprint density at radius 1 is 0.947 bits per heavy atom. The Morgan fingerprint density at radius 2 is 1.61 bits per heavy atom. The van der Waals surface area contributed by atoms with Gasteiger partial charge in [-0.2, -0.15) is 0 Å². The van der Waals surface area contributed by atoms with Crippen molar-refractivity contribution in [1.82, 2.24) is 5.32 Å². The van der Waals surface area contributed by atoms with E-state index in [1.165, 1.54) is 0 Å². The molecule has 0 aliphatic carbocycles. The molecule has 3 rings (SSSR count). The van der Waals surface area contributed by atoms with Crippen LogP contribution in [-0.2, 0) is 14.6 Å². The monoisotopic (exact) mass is 538 g/mol. The van der Waals surface area contributed by atoms with Gasteiger partial charge in [0.05, 0.1) is 10.6 Å². The van der Waals surface area contributed by atoms with E-state index in [-0.39, 0.29) is 17.5 Å². The standard InChI is InChI=1S/C29H34N2O6S/c1-5-13-30-29(34)31-25-8-6-7-23(16-25)22-9-11-26(12-10-22)37-17-24(28(32)33)18-38(35,36)27-20(3)14-19(2)15-21(27)4/h6-12,14-16,24H,5,13,17-18H2,1-4H3,(H,32,33)(H2,30,31,34)/t24-/m1/s1. The summed E-state index contributed by atoms with van der Waals surface area (Å²) >= 11 is 0. The van der Waals surface area contributed by atoms with Crippen LogP contribution in [0.25, 0.3) is 11.1 Å². The lowest BCUT2D eigenvalue weighted by molar-refractivity contribution is -0.141. The molecule has 1 atom stereocenters. The number of ether oxygens (including phenoxy) is 1. The smallest absolute Gasteiger partial charge is 0.319 e. The van der Waals surface area contributed by atoms with Crippen LogP contribution in [0.1, 0.15) is 30.0 Å². The minimum atomic E-state index is -3.84. The Hall–Kier alpha value is -3.85. The zero-order chi connectivity index (χ0) is 27.9. The maximum Gasteiger partial charge on any atom is 0.319 e. The number of urea groups is 1. The van der Waals surface area contributed by atoms with Crippen molar-refractivity contribution < 1.29 is 27.9 Å². The Balaban J connectivity index is 1.68. The first-order valence-electron chi connectivity index (χ1n) is 12.4. The van der Waals surface area contributed by atoms with Crippen molar-refractivity contribution in [2.45, 2.75) is 39.0 Å². The molecule has 0 fully saturated rings. The van der Waals surface area contributed by atoms with Gasteiger partial charge in [-0.25, -0.2) is 13.2 Å². The van der Waals surface area contributed by atoms with Gasteiger partial charge in [-0.1, -0.05) is 48.9 Å². The number of rotatable bonds is 11. The zero-order valence-corrected chi connectivity index (χ0v) is 22.9. The normalized spacial score (nSPS) is 12.0. The molecule has 0 aromatic heterocycles. The van der Waals surface area contributed by atoms with E-state index in [0.29, 0.717) is 29.1 Å². The fourth-order valence-electron chi connectivity index (χ4n) is 4.33. The molecule has 0 heterocycles. The van der Waals surface area contributed by atoms with E-state index < -0.39 is 27.5 Å². The highest BCUT2D eigenvalue weighted by molar-refractivity contribution is 7.91. The fraction of sp³-hybridized carbons (Fsp3) is 0.310. The Bertz CT molecular complexity index is 1380. The molecule has 3 aromatic carbocycles. The van der Waals surface area contributed by atoms with E-state index in [4.69, 9.17) is 4.74 Å². The number of amides is 2. The number of carbonyl (C=O) groups excluding carboxylic acids is 1. The van der Waals surface area contributed by atoms with E-state index in [2.05, 4.69) is 10.6 Å². The molecule has 0 aliphatic rings. The van der Waals surface area contributed by atoms with E-state index in [9.17, 15) is 23.1 Å². The van der Waals surface area contributed by atoms with Crippen LogP contribution >= 0.6 is 0 Å². The van der Waals surface area contributed by atoms with Gasteiger partial charge in [0.1, 0.15) is 18.3 Å². The minimum absolute atomic E-state index is 0.179. The summed E-state index contributed by atoms with van der Waals surface area (Å²) in [5.74, 6) is -2.61. The highest BCUT2D eigenvalue weighted by atomic mass is 32.2. The first kappa shape index (κ1) is 28.7. The second-order valence-corrected chi connectivity index (χ2v) is 11.3. The number of carboxylic acid groups (broad SMARTS) is 1. The van der Waals surface area contributed by atoms with Gasteiger partial charge >= 0.3 is 12.0 Å². The third kappa shape index (κ3) is 7.58.